The van der Waals surface area contributed by atoms with Gasteiger partial charge in [-0.1, -0.05) is 23.8 Å². The molecule has 1 aliphatic rings. The number of ether oxygens (including phenoxy) is 1. The fourth-order valence-electron chi connectivity index (χ4n) is 3.87. The van der Waals surface area contributed by atoms with Crippen LogP contribution in [0.2, 0.25) is 0 Å². The molecular weight excluding hydrogens is 394 g/mol. The molecule has 0 amide bonds. The van der Waals surface area contributed by atoms with Gasteiger partial charge in [-0.3, -0.25) is 4.79 Å². The molecule has 0 bridgehead atoms. The summed E-state index contributed by atoms with van der Waals surface area (Å²) >= 11 is 5.74. The Bertz CT molecular complexity index is 1120. The van der Waals surface area contributed by atoms with Crippen molar-refractivity contribution in [2.45, 2.75) is 39.3 Å². The smallest absolute Gasteiger partial charge is 0.253 e. The standard InChI is InChI=1S/C24H27N3O2S/c1-16-5-3-6-20(12-16)25-24(30)27(15-21-7-4-10-29-21)14-19-13-18-11-17(2)8-9-22(18)26-23(19)28/h3,5-6,8-9,11-13,21H,4,7,10,14-15H2,1-2H3,(H,25,30)(H,26,28)/t21-/m0/s1. The predicted octanol–water partition coefficient (Wildman–Crippen LogP) is 4.52. The van der Waals surface area contributed by atoms with Gasteiger partial charge in [0, 0.05) is 29.9 Å². The van der Waals surface area contributed by atoms with Gasteiger partial charge < -0.3 is 19.9 Å². The van der Waals surface area contributed by atoms with Crippen LogP contribution in [0.3, 0.4) is 0 Å². The quantitative estimate of drug-likeness (QED) is 0.593. The van der Waals surface area contributed by atoms with Crippen molar-refractivity contribution in [3.8, 4) is 0 Å². The Morgan fingerprint density at radius 1 is 1.20 bits per heavy atom. The maximum Gasteiger partial charge on any atom is 0.253 e. The lowest BCUT2D eigenvalue weighted by molar-refractivity contribution is 0.0904. The minimum Gasteiger partial charge on any atom is -0.376 e. The van der Waals surface area contributed by atoms with E-state index in [9.17, 15) is 4.79 Å². The van der Waals surface area contributed by atoms with Crippen LogP contribution in [-0.4, -0.2) is 34.3 Å². The van der Waals surface area contributed by atoms with Crippen LogP contribution in [0.4, 0.5) is 5.69 Å². The Morgan fingerprint density at radius 2 is 2.03 bits per heavy atom. The Balaban J connectivity index is 1.60. The normalized spacial score (nSPS) is 16.0. The van der Waals surface area contributed by atoms with Gasteiger partial charge in [-0.05, 0) is 80.2 Å². The van der Waals surface area contributed by atoms with Gasteiger partial charge in [0.15, 0.2) is 5.11 Å². The summed E-state index contributed by atoms with van der Waals surface area (Å²) in [4.78, 5) is 17.8. The van der Waals surface area contributed by atoms with E-state index in [-0.39, 0.29) is 11.7 Å². The highest BCUT2D eigenvalue weighted by molar-refractivity contribution is 7.80. The summed E-state index contributed by atoms with van der Waals surface area (Å²) in [7, 11) is 0. The zero-order chi connectivity index (χ0) is 21.1. The molecular formula is C24H27N3O2S. The van der Waals surface area contributed by atoms with Crippen LogP contribution < -0.4 is 10.9 Å². The summed E-state index contributed by atoms with van der Waals surface area (Å²) in [6.45, 7) is 5.97. The first-order valence-corrected chi connectivity index (χ1v) is 10.8. The molecule has 6 heteroatoms. The van der Waals surface area contributed by atoms with E-state index < -0.39 is 0 Å². The molecule has 0 saturated carbocycles. The van der Waals surface area contributed by atoms with E-state index in [1.165, 1.54) is 0 Å². The van der Waals surface area contributed by atoms with E-state index in [0.717, 1.165) is 47.2 Å². The number of hydrogen-bond acceptors (Lipinski definition) is 3. The van der Waals surface area contributed by atoms with Gasteiger partial charge in [-0.2, -0.15) is 0 Å². The zero-order valence-electron chi connectivity index (χ0n) is 17.4. The molecule has 3 aromatic rings. The molecule has 5 nitrogen and oxygen atoms in total. The Labute approximate surface area is 182 Å². The highest BCUT2D eigenvalue weighted by Crippen LogP contribution is 2.18. The van der Waals surface area contributed by atoms with Gasteiger partial charge in [-0.15, -0.1) is 0 Å². The van der Waals surface area contributed by atoms with Crippen molar-refractivity contribution in [2.75, 3.05) is 18.5 Å². The average molecular weight is 422 g/mol. The minimum atomic E-state index is -0.0814. The second kappa shape index (κ2) is 8.98. The van der Waals surface area contributed by atoms with Crippen molar-refractivity contribution in [1.82, 2.24) is 9.88 Å². The molecule has 1 saturated heterocycles. The lowest BCUT2D eigenvalue weighted by Gasteiger charge is -2.28. The van der Waals surface area contributed by atoms with Gasteiger partial charge in [-0.25, -0.2) is 0 Å². The number of hydrogen-bond donors (Lipinski definition) is 2. The van der Waals surface area contributed by atoms with E-state index in [1.54, 1.807) is 0 Å². The lowest BCUT2D eigenvalue weighted by atomic mass is 10.1. The third-order valence-corrected chi connectivity index (χ3v) is 5.80. The SMILES string of the molecule is Cc1cccc(NC(=S)N(Cc2cc3cc(C)ccc3[nH]c2=O)C[C@@H]2CCCO2)c1. The molecule has 2 N–H and O–H groups in total. The average Bonchev–Trinajstić information content (AvgIpc) is 3.21. The fourth-order valence-corrected chi connectivity index (χ4v) is 4.13. The van der Waals surface area contributed by atoms with E-state index in [4.69, 9.17) is 17.0 Å². The molecule has 1 fully saturated rings. The molecule has 4 rings (SSSR count). The molecule has 1 aliphatic heterocycles. The highest BCUT2D eigenvalue weighted by Gasteiger charge is 2.22. The zero-order valence-corrected chi connectivity index (χ0v) is 18.2. The van der Waals surface area contributed by atoms with Crippen LogP contribution in [0, 0.1) is 13.8 Å². The van der Waals surface area contributed by atoms with Crippen molar-refractivity contribution in [1.29, 1.82) is 0 Å². The highest BCUT2D eigenvalue weighted by atomic mass is 32.1. The Kier molecular flexibility index (Phi) is 6.16. The number of nitrogens with zero attached hydrogens (tertiary/aromatic N) is 1. The number of nitrogens with one attached hydrogen (secondary N) is 2. The van der Waals surface area contributed by atoms with Crippen LogP contribution in [0.25, 0.3) is 10.9 Å². The molecule has 0 spiro atoms. The first-order chi connectivity index (χ1) is 14.5. The summed E-state index contributed by atoms with van der Waals surface area (Å²) in [5, 5.41) is 4.96. The number of fused-ring (bicyclic) bond motifs is 1. The maximum atomic E-state index is 12.7. The van der Waals surface area contributed by atoms with E-state index in [2.05, 4.69) is 42.3 Å². The first-order valence-electron chi connectivity index (χ1n) is 10.3. The number of aromatic amines is 1. The second-order valence-electron chi connectivity index (χ2n) is 8.03. The maximum absolute atomic E-state index is 12.7. The van der Waals surface area contributed by atoms with E-state index in [0.29, 0.717) is 23.8 Å². The molecule has 1 atom stereocenters. The van der Waals surface area contributed by atoms with E-state index >= 15 is 0 Å². The third-order valence-electron chi connectivity index (χ3n) is 5.44. The fraction of sp³-hybridized carbons (Fsp3) is 0.333. The molecule has 0 aliphatic carbocycles. The van der Waals surface area contributed by atoms with Crippen LogP contribution in [0.15, 0.2) is 53.3 Å². The number of H-pyrrole nitrogens is 1. The van der Waals surface area contributed by atoms with Crippen LogP contribution in [0.1, 0.15) is 29.5 Å². The number of anilines is 1. The monoisotopic (exact) mass is 421 g/mol. The number of aromatic nitrogens is 1. The largest absolute Gasteiger partial charge is 0.376 e. The predicted molar refractivity (Wildman–Crippen MR) is 126 cm³/mol. The summed E-state index contributed by atoms with van der Waals surface area (Å²) < 4.78 is 5.84. The third kappa shape index (κ3) is 4.89. The first kappa shape index (κ1) is 20.6. The number of rotatable bonds is 5. The topological polar surface area (TPSA) is 57.4 Å². The molecule has 0 radical (unpaired) electrons. The van der Waals surface area contributed by atoms with Crippen molar-refractivity contribution in [3.05, 3.63) is 75.6 Å². The number of aryl methyl sites for hydroxylation is 2. The van der Waals surface area contributed by atoms with E-state index in [1.807, 2.05) is 35.2 Å². The number of benzene rings is 2. The Morgan fingerprint density at radius 3 is 2.80 bits per heavy atom. The lowest BCUT2D eigenvalue weighted by Crippen LogP contribution is -2.40. The van der Waals surface area contributed by atoms with Crippen molar-refractivity contribution < 1.29 is 4.74 Å². The van der Waals surface area contributed by atoms with Crippen LogP contribution in [-0.2, 0) is 11.3 Å². The number of thiocarbonyl (C=S) groups is 1. The van der Waals surface area contributed by atoms with Gasteiger partial charge in [0.1, 0.15) is 0 Å². The van der Waals surface area contributed by atoms with Crippen LogP contribution in [0.5, 0.6) is 0 Å². The minimum absolute atomic E-state index is 0.0814. The summed E-state index contributed by atoms with van der Waals surface area (Å²) in [5.41, 5.74) is 4.73. The van der Waals surface area contributed by atoms with Gasteiger partial charge in [0.2, 0.25) is 0 Å². The van der Waals surface area contributed by atoms with Gasteiger partial charge in [0.05, 0.1) is 12.6 Å². The molecule has 1 aromatic heterocycles. The van der Waals surface area contributed by atoms with Crippen molar-refractivity contribution in [3.63, 3.8) is 0 Å². The molecule has 2 aromatic carbocycles. The second-order valence-corrected chi connectivity index (χ2v) is 8.42. The summed E-state index contributed by atoms with van der Waals surface area (Å²) in [6.07, 6.45) is 2.20. The molecule has 30 heavy (non-hydrogen) atoms. The van der Waals surface area contributed by atoms with Crippen molar-refractivity contribution in [2.24, 2.45) is 0 Å². The Hall–Kier alpha value is -2.70. The van der Waals surface area contributed by atoms with Gasteiger partial charge >= 0.3 is 0 Å². The van der Waals surface area contributed by atoms with Crippen molar-refractivity contribution >= 4 is 33.9 Å². The summed E-state index contributed by atoms with van der Waals surface area (Å²) in [5.74, 6) is 0. The van der Waals surface area contributed by atoms with Gasteiger partial charge in [0.25, 0.3) is 5.56 Å². The molecule has 0 unspecified atom stereocenters. The molecule has 156 valence electrons. The summed E-state index contributed by atoms with van der Waals surface area (Å²) in [6, 6.07) is 16.1. The molecule has 2 heterocycles. The van der Waals surface area contributed by atoms with Crippen LogP contribution >= 0.6 is 12.2 Å². The number of pyridine rings is 1.